The summed E-state index contributed by atoms with van der Waals surface area (Å²) in [5.74, 6) is -1.66. The van der Waals surface area contributed by atoms with E-state index in [0.29, 0.717) is 5.56 Å². The zero-order valence-electron chi connectivity index (χ0n) is 9.81. The Hall–Kier alpha value is -1.95. The van der Waals surface area contributed by atoms with E-state index in [9.17, 15) is 17.2 Å². The van der Waals surface area contributed by atoms with Crippen molar-refractivity contribution in [3.8, 4) is 0 Å². The fourth-order valence-corrected chi connectivity index (χ4v) is 3.09. The first-order chi connectivity index (χ1) is 8.87. The van der Waals surface area contributed by atoms with E-state index in [1.807, 2.05) is 0 Å². The summed E-state index contributed by atoms with van der Waals surface area (Å²) < 4.78 is 50.3. The molecule has 0 spiro atoms. The number of nitrogen functional groups attached to an aromatic ring is 1. The molecule has 2 aromatic rings. The number of anilines is 1. The Morgan fingerprint density at radius 1 is 1.00 bits per heavy atom. The van der Waals surface area contributed by atoms with Crippen LogP contribution in [0.4, 0.5) is 14.5 Å². The maximum Gasteiger partial charge on any atom is 0.182 e. The third-order valence-electron chi connectivity index (χ3n) is 2.50. The average molecular weight is 283 g/mol. The smallest absolute Gasteiger partial charge is 0.182 e. The summed E-state index contributed by atoms with van der Waals surface area (Å²) in [5, 5.41) is 0. The summed E-state index contributed by atoms with van der Waals surface area (Å²) in [6.45, 7) is 0. The molecule has 0 fully saturated rings. The summed E-state index contributed by atoms with van der Waals surface area (Å²) >= 11 is 0. The van der Waals surface area contributed by atoms with Crippen molar-refractivity contribution in [1.82, 2.24) is 0 Å². The van der Waals surface area contributed by atoms with Crippen LogP contribution in [0.3, 0.4) is 0 Å². The van der Waals surface area contributed by atoms with Gasteiger partial charge in [-0.1, -0.05) is 12.1 Å². The lowest BCUT2D eigenvalue weighted by Crippen LogP contribution is -2.06. The van der Waals surface area contributed by atoms with Crippen molar-refractivity contribution >= 4 is 15.5 Å². The topological polar surface area (TPSA) is 60.2 Å². The minimum absolute atomic E-state index is 0.0258. The van der Waals surface area contributed by atoms with E-state index >= 15 is 0 Å². The van der Waals surface area contributed by atoms with Crippen LogP contribution in [0, 0.1) is 11.6 Å². The molecule has 6 heteroatoms. The molecule has 0 aromatic heterocycles. The van der Waals surface area contributed by atoms with Gasteiger partial charge >= 0.3 is 0 Å². The molecule has 0 unspecified atom stereocenters. The number of nitrogens with two attached hydrogens (primary N) is 1. The van der Waals surface area contributed by atoms with E-state index < -0.39 is 27.2 Å². The lowest BCUT2D eigenvalue weighted by molar-refractivity contribution is 0.590. The van der Waals surface area contributed by atoms with Crippen LogP contribution in [0.15, 0.2) is 47.4 Å². The monoisotopic (exact) mass is 283 g/mol. The van der Waals surface area contributed by atoms with Gasteiger partial charge < -0.3 is 5.73 Å². The Labute approximate surface area is 109 Å². The number of hydrogen-bond acceptors (Lipinski definition) is 3. The predicted octanol–water partition coefficient (Wildman–Crippen LogP) is 2.52. The van der Waals surface area contributed by atoms with Crippen molar-refractivity contribution in [2.75, 3.05) is 5.73 Å². The molecular formula is C13H11F2NO2S. The Morgan fingerprint density at radius 3 is 2.37 bits per heavy atom. The SMILES string of the molecule is Nc1cc(F)cc(S(=O)(=O)Cc2cccc(F)c2)c1. The van der Waals surface area contributed by atoms with Gasteiger partial charge in [0, 0.05) is 5.69 Å². The Kier molecular flexibility index (Phi) is 3.53. The summed E-state index contributed by atoms with van der Waals surface area (Å²) in [7, 11) is -3.76. The summed E-state index contributed by atoms with van der Waals surface area (Å²) in [4.78, 5) is -0.214. The standard InChI is InChI=1S/C13H11F2NO2S/c14-10-3-1-2-9(4-10)8-19(17,18)13-6-11(15)5-12(16)7-13/h1-7H,8,16H2. The van der Waals surface area contributed by atoms with Crippen molar-refractivity contribution in [3.63, 3.8) is 0 Å². The maximum absolute atomic E-state index is 13.2. The van der Waals surface area contributed by atoms with E-state index in [1.54, 1.807) is 0 Å². The molecule has 0 aliphatic rings. The van der Waals surface area contributed by atoms with Crippen LogP contribution in [-0.2, 0) is 15.6 Å². The summed E-state index contributed by atoms with van der Waals surface area (Å²) in [6, 6.07) is 8.35. The lowest BCUT2D eigenvalue weighted by atomic mass is 10.2. The van der Waals surface area contributed by atoms with Crippen molar-refractivity contribution in [2.24, 2.45) is 0 Å². The van der Waals surface area contributed by atoms with E-state index in [4.69, 9.17) is 5.73 Å². The first-order valence-electron chi connectivity index (χ1n) is 5.40. The van der Waals surface area contributed by atoms with Gasteiger partial charge in [-0.05, 0) is 35.9 Å². The van der Waals surface area contributed by atoms with Gasteiger partial charge in [-0.2, -0.15) is 0 Å². The van der Waals surface area contributed by atoms with Crippen LogP contribution in [0.2, 0.25) is 0 Å². The highest BCUT2D eigenvalue weighted by atomic mass is 32.2. The molecule has 0 bridgehead atoms. The third-order valence-corrected chi connectivity index (χ3v) is 4.17. The molecule has 0 aliphatic heterocycles. The highest BCUT2D eigenvalue weighted by molar-refractivity contribution is 7.90. The molecule has 0 atom stereocenters. The maximum atomic E-state index is 13.2. The predicted molar refractivity (Wildman–Crippen MR) is 68.1 cm³/mol. The van der Waals surface area contributed by atoms with Gasteiger partial charge in [0.15, 0.2) is 9.84 Å². The molecule has 19 heavy (non-hydrogen) atoms. The van der Waals surface area contributed by atoms with Gasteiger partial charge in [0.05, 0.1) is 10.6 Å². The fourth-order valence-electron chi connectivity index (χ4n) is 1.69. The van der Waals surface area contributed by atoms with Crippen molar-refractivity contribution in [1.29, 1.82) is 0 Å². The second kappa shape index (κ2) is 4.97. The lowest BCUT2D eigenvalue weighted by Gasteiger charge is -2.06. The van der Waals surface area contributed by atoms with Crippen LogP contribution in [0.1, 0.15) is 5.56 Å². The molecule has 0 saturated carbocycles. The van der Waals surface area contributed by atoms with Gasteiger partial charge in [-0.15, -0.1) is 0 Å². The normalized spacial score (nSPS) is 11.5. The van der Waals surface area contributed by atoms with E-state index in [-0.39, 0.29) is 10.6 Å². The molecule has 3 nitrogen and oxygen atoms in total. The highest BCUT2D eigenvalue weighted by Crippen LogP contribution is 2.20. The van der Waals surface area contributed by atoms with E-state index in [0.717, 1.165) is 18.2 Å². The van der Waals surface area contributed by atoms with Crippen LogP contribution in [0.25, 0.3) is 0 Å². The second-order valence-corrected chi connectivity index (χ2v) is 6.10. The van der Waals surface area contributed by atoms with Crippen LogP contribution in [0.5, 0.6) is 0 Å². The number of sulfone groups is 1. The average Bonchev–Trinajstić information content (AvgIpc) is 2.26. The number of rotatable bonds is 3. The van der Waals surface area contributed by atoms with Gasteiger partial charge in [-0.25, -0.2) is 17.2 Å². The van der Waals surface area contributed by atoms with E-state index in [2.05, 4.69) is 0 Å². The van der Waals surface area contributed by atoms with Crippen LogP contribution in [-0.4, -0.2) is 8.42 Å². The Morgan fingerprint density at radius 2 is 1.74 bits per heavy atom. The second-order valence-electron chi connectivity index (χ2n) is 4.11. The molecule has 0 radical (unpaired) electrons. The molecule has 2 rings (SSSR count). The van der Waals surface area contributed by atoms with Gasteiger partial charge in [-0.3, -0.25) is 0 Å². The molecule has 2 aromatic carbocycles. The zero-order valence-corrected chi connectivity index (χ0v) is 10.6. The summed E-state index contributed by atoms with van der Waals surface area (Å²) in [5.41, 5.74) is 5.73. The van der Waals surface area contributed by atoms with Crippen molar-refractivity contribution in [3.05, 3.63) is 59.7 Å². The molecule has 0 aliphatic carbocycles. The third kappa shape index (κ3) is 3.29. The van der Waals surface area contributed by atoms with Crippen LogP contribution < -0.4 is 5.73 Å². The first kappa shape index (κ1) is 13.5. The number of hydrogen-bond donors (Lipinski definition) is 1. The molecule has 0 saturated heterocycles. The van der Waals surface area contributed by atoms with Crippen LogP contribution >= 0.6 is 0 Å². The largest absolute Gasteiger partial charge is 0.399 e. The molecule has 100 valence electrons. The molecular weight excluding hydrogens is 272 g/mol. The Balaban J connectivity index is 2.37. The van der Waals surface area contributed by atoms with E-state index in [1.165, 1.54) is 24.3 Å². The fraction of sp³-hybridized carbons (Fsp3) is 0.0769. The molecule has 2 N–H and O–H groups in total. The Bertz CT molecular complexity index is 694. The first-order valence-corrected chi connectivity index (χ1v) is 7.05. The van der Waals surface area contributed by atoms with Gasteiger partial charge in [0.2, 0.25) is 0 Å². The minimum atomic E-state index is -3.76. The van der Waals surface area contributed by atoms with Crippen molar-refractivity contribution in [2.45, 2.75) is 10.6 Å². The number of benzene rings is 2. The summed E-state index contributed by atoms with van der Waals surface area (Å²) in [6.07, 6.45) is 0. The molecule has 0 amide bonds. The zero-order chi connectivity index (χ0) is 14.0. The molecule has 0 heterocycles. The van der Waals surface area contributed by atoms with Gasteiger partial charge in [0.1, 0.15) is 11.6 Å². The van der Waals surface area contributed by atoms with Gasteiger partial charge in [0.25, 0.3) is 0 Å². The number of halogens is 2. The van der Waals surface area contributed by atoms with Crippen molar-refractivity contribution < 1.29 is 17.2 Å². The highest BCUT2D eigenvalue weighted by Gasteiger charge is 2.17. The quantitative estimate of drug-likeness (QED) is 0.880. The minimum Gasteiger partial charge on any atom is -0.399 e.